The van der Waals surface area contributed by atoms with Crippen LogP contribution in [0.3, 0.4) is 0 Å². The van der Waals surface area contributed by atoms with Crippen molar-refractivity contribution < 1.29 is 33.0 Å². The van der Waals surface area contributed by atoms with E-state index in [1.165, 1.54) is 6.20 Å². The van der Waals surface area contributed by atoms with Gasteiger partial charge in [0.15, 0.2) is 0 Å². The van der Waals surface area contributed by atoms with Gasteiger partial charge in [-0.05, 0) is 63.1 Å². The Balaban J connectivity index is 1.29. The van der Waals surface area contributed by atoms with Crippen LogP contribution in [0.1, 0.15) is 76.1 Å². The van der Waals surface area contributed by atoms with E-state index in [-0.39, 0.29) is 36.0 Å². The Hall–Kier alpha value is -4.01. The number of rotatable bonds is 9. The summed E-state index contributed by atoms with van der Waals surface area (Å²) >= 11 is 0. The van der Waals surface area contributed by atoms with E-state index in [0.29, 0.717) is 5.75 Å². The highest BCUT2D eigenvalue weighted by Gasteiger charge is 2.33. The smallest absolute Gasteiger partial charge is 0.407 e. The summed E-state index contributed by atoms with van der Waals surface area (Å²) < 4.78 is 27.3. The maximum Gasteiger partial charge on any atom is 0.407 e. The van der Waals surface area contributed by atoms with Crippen molar-refractivity contribution in [2.75, 3.05) is 6.61 Å². The molecule has 2 aromatic carbocycles. The van der Waals surface area contributed by atoms with Crippen molar-refractivity contribution in [1.82, 2.24) is 10.3 Å². The normalized spacial score (nSPS) is 17.1. The van der Waals surface area contributed by atoms with Gasteiger partial charge in [-0.1, -0.05) is 38.1 Å². The summed E-state index contributed by atoms with van der Waals surface area (Å²) in [5.41, 5.74) is 1.45. The minimum atomic E-state index is -0.583. The van der Waals surface area contributed by atoms with E-state index in [1.54, 1.807) is 6.92 Å². The minimum Gasteiger partial charge on any atom is -0.490 e. The molecule has 0 unspecified atom stereocenters. The zero-order valence-corrected chi connectivity index (χ0v) is 23.3. The van der Waals surface area contributed by atoms with E-state index in [9.17, 15) is 9.59 Å². The second kappa shape index (κ2) is 11.4. The number of hydrogen-bond donors (Lipinski definition) is 1. The van der Waals surface area contributed by atoms with Gasteiger partial charge in [-0.15, -0.1) is 0 Å². The maximum atomic E-state index is 11.9. The van der Waals surface area contributed by atoms with Crippen molar-refractivity contribution in [3.05, 3.63) is 71.6 Å². The van der Waals surface area contributed by atoms with E-state index in [1.807, 2.05) is 57.2 Å². The molecule has 39 heavy (non-hydrogen) atoms. The number of aromatic nitrogens is 1. The van der Waals surface area contributed by atoms with Crippen molar-refractivity contribution in [3.8, 4) is 17.6 Å². The third kappa shape index (κ3) is 7.31. The zero-order chi connectivity index (χ0) is 28.2. The number of oxazole rings is 1. The van der Waals surface area contributed by atoms with Crippen molar-refractivity contribution in [1.29, 1.82) is 0 Å². The van der Waals surface area contributed by atoms with Gasteiger partial charge in [-0.2, -0.15) is 4.98 Å². The third-order valence-electron chi connectivity index (χ3n) is 6.44. The fourth-order valence-corrected chi connectivity index (χ4v) is 4.21. The summed E-state index contributed by atoms with van der Waals surface area (Å²) in [6.07, 6.45) is 2.42. The van der Waals surface area contributed by atoms with Crippen molar-refractivity contribution in [2.24, 2.45) is 0 Å². The highest BCUT2D eigenvalue weighted by atomic mass is 16.6. The third-order valence-corrected chi connectivity index (χ3v) is 6.44. The number of nitrogens with one attached hydrogen (secondary N) is 1. The van der Waals surface area contributed by atoms with Crippen LogP contribution in [0, 0.1) is 0 Å². The molecule has 0 atom stereocenters. The number of nitrogens with zero attached hydrogens (tertiary/aromatic N) is 1. The molecule has 0 bridgehead atoms. The van der Waals surface area contributed by atoms with Crippen LogP contribution in [-0.2, 0) is 14.9 Å². The van der Waals surface area contributed by atoms with Gasteiger partial charge in [0.1, 0.15) is 23.2 Å². The van der Waals surface area contributed by atoms with Gasteiger partial charge >= 0.3 is 18.1 Å². The molecule has 0 aliphatic heterocycles. The predicted octanol–water partition coefficient (Wildman–Crippen LogP) is 6.40. The fourth-order valence-electron chi connectivity index (χ4n) is 4.21. The molecule has 1 fully saturated rings. The first kappa shape index (κ1) is 28.0. The zero-order valence-electron chi connectivity index (χ0n) is 23.3. The van der Waals surface area contributed by atoms with Crippen LogP contribution in [-0.4, -0.2) is 41.4 Å². The topological polar surface area (TPSA) is 109 Å². The molecular formula is C30H36N2O7. The fraction of sp³-hybridized carbons (Fsp3) is 0.433. The Bertz CT molecular complexity index is 1270. The number of benzene rings is 2. The number of ether oxygens (including phenoxy) is 4. The van der Waals surface area contributed by atoms with E-state index >= 15 is 0 Å². The van der Waals surface area contributed by atoms with Crippen molar-refractivity contribution >= 4 is 12.1 Å². The summed E-state index contributed by atoms with van der Waals surface area (Å²) in [5, 5.41) is 2.89. The number of carbonyl (C=O) groups excluding carboxylic acids is 2. The molecule has 3 aromatic rings. The van der Waals surface area contributed by atoms with Crippen molar-refractivity contribution in [3.63, 3.8) is 0 Å². The van der Waals surface area contributed by atoms with Gasteiger partial charge in [0.25, 0.3) is 0 Å². The molecule has 0 spiro atoms. The average molecular weight is 537 g/mol. The van der Waals surface area contributed by atoms with Gasteiger partial charge in [-0.25, -0.2) is 9.59 Å². The molecule has 9 heteroatoms. The molecule has 1 aliphatic carbocycles. The van der Waals surface area contributed by atoms with Crippen molar-refractivity contribution in [2.45, 2.75) is 77.5 Å². The number of hydrogen-bond acceptors (Lipinski definition) is 8. The van der Waals surface area contributed by atoms with Crippen LogP contribution in [0.5, 0.6) is 17.6 Å². The van der Waals surface area contributed by atoms with Crippen LogP contribution in [0.15, 0.2) is 59.1 Å². The van der Waals surface area contributed by atoms with E-state index in [2.05, 4.69) is 36.3 Å². The largest absolute Gasteiger partial charge is 0.490 e. The highest BCUT2D eigenvalue weighted by molar-refractivity contribution is 5.85. The monoisotopic (exact) mass is 536 g/mol. The first-order valence-corrected chi connectivity index (χ1v) is 13.1. The second-order valence-corrected chi connectivity index (χ2v) is 11.0. The maximum absolute atomic E-state index is 11.9. The van der Waals surface area contributed by atoms with Gasteiger partial charge in [0.2, 0.25) is 5.76 Å². The molecule has 1 aliphatic rings. The molecule has 208 valence electrons. The highest BCUT2D eigenvalue weighted by Crippen LogP contribution is 2.35. The molecule has 1 saturated carbocycles. The van der Waals surface area contributed by atoms with Crippen LogP contribution in [0.25, 0.3) is 0 Å². The molecular weight excluding hydrogens is 500 g/mol. The van der Waals surface area contributed by atoms with Crippen LogP contribution in [0.2, 0.25) is 0 Å². The van der Waals surface area contributed by atoms with Gasteiger partial charge in [-0.3, -0.25) is 0 Å². The summed E-state index contributed by atoms with van der Waals surface area (Å²) in [5.74, 6) is 0.745. The molecule has 4 rings (SSSR count). The summed E-state index contributed by atoms with van der Waals surface area (Å²) in [6.45, 7) is 11.8. The Morgan fingerprint density at radius 2 is 1.54 bits per heavy atom. The SMILES string of the molecule is CCOC(=O)c1cnc(Oc2ccc(C(C)(C)c3ccc(OC4CC(NC(=O)OC(C)(C)C)C4)cc3)cc2)o1. The first-order valence-electron chi connectivity index (χ1n) is 13.1. The number of amides is 1. The Morgan fingerprint density at radius 3 is 2.10 bits per heavy atom. The standard InChI is InChI=1S/C30H36N2O7/c1-7-35-26(33)25-18-31-28(38-25)37-23-14-10-20(11-15-23)30(5,6)19-8-12-22(13-9-19)36-24-16-21(17-24)32-27(34)39-29(2,3)4/h8-15,18,21,24H,7,16-17H2,1-6H3,(H,32,34). The first-order chi connectivity index (χ1) is 18.4. The minimum absolute atomic E-state index is 0.00776. The Kier molecular flexibility index (Phi) is 8.18. The lowest BCUT2D eigenvalue weighted by atomic mass is 9.78. The van der Waals surface area contributed by atoms with Crippen LogP contribution in [0.4, 0.5) is 4.79 Å². The van der Waals surface area contributed by atoms with E-state index in [4.69, 9.17) is 23.4 Å². The lowest BCUT2D eigenvalue weighted by molar-refractivity contribution is 0.0362. The summed E-state index contributed by atoms with van der Waals surface area (Å²) in [4.78, 5) is 27.6. The summed E-state index contributed by atoms with van der Waals surface area (Å²) in [7, 11) is 0. The lowest BCUT2D eigenvalue weighted by Gasteiger charge is -2.36. The Labute approximate surface area is 228 Å². The quantitative estimate of drug-likeness (QED) is 0.313. The number of esters is 1. The molecule has 1 heterocycles. The van der Waals surface area contributed by atoms with Gasteiger partial charge < -0.3 is 28.7 Å². The Morgan fingerprint density at radius 1 is 0.949 bits per heavy atom. The molecule has 1 aromatic heterocycles. The van der Waals surface area contributed by atoms with Crippen LogP contribution >= 0.6 is 0 Å². The molecule has 0 radical (unpaired) electrons. The van der Waals surface area contributed by atoms with E-state index < -0.39 is 17.7 Å². The van der Waals surface area contributed by atoms with Gasteiger partial charge in [0, 0.05) is 24.3 Å². The predicted molar refractivity (Wildman–Crippen MR) is 144 cm³/mol. The van der Waals surface area contributed by atoms with E-state index in [0.717, 1.165) is 29.7 Å². The van der Waals surface area contributed by atoms with Gasteiger partial charge in [0.05, 0.1) is 12.8 Å². The molecule has 9 nitrogen and oxygen atoms in total. The van der Waals surface area contributed by atoms with Crippen LogP contribution < -0.4 is 14.8 Å². The number of carbonyl (C=O) groups is 2. The molecule has 0 saturated heterocycles. The number of alkyl carbamates (subject to hydrolysis) is 1. The lowest BCUT2D eigenvalue weighted by Crippen LogP contribution is -2.50. The second-order valence-electron chi connectivity index (χ2n) is 11.0. The molecule has 1 N–H and O–H groups in total. The summed E-state index contributed by atoms with van der Waals surface area (Å²) in [6, 6.07) is 15.8. The molecule has 1 amide bonds. The average Bonchev–Trinajstić information content (AvgIpc) is 3.31.